The van der Waals surface area contributed by atoms with E-state index in [0.717, 1.165) is 25.7 Å². The number of rotatable bonds is 2. The first-order valence-electron chi connectivity index (χ1n) is 5.85. The van der Waals surface area contributed by atoms with E-state index in [1.807, 2.05) is 0 Å². The summed E-state index contributed by atoms with van der Waals surface area (Å²) in [6, 6.07) is -0.116. The smallest absolute Gasteiger partial charge is 0.324 e. The number of carbonyl (C=O) groups excluding carboxylic acids is 2. The van der Waals surface area contributed by atoms with Gasteiger partial charge >= 0.3 is 6.03 Å². The highest BCUT2D eigenvalue weighted by Crippen LogP contribution is 2.32. The summed E-state index contributed by atoms with van der Waals surface area (Å²) < 4.78 is 0. The molecule has 1 aliphatic heterocycles. The van der Waals surface area contributed by atoms with Crippen LogP contribution in [0.4, 0.5) is 4.79 Å². The van der Waals surface area contributed by atoms with E-state index in [2.05, 4.69) is 18.8 Å². The quantitative estimate of drug-likeness (QED) is 0.570. The van der Waals surface area contributed by atoms with Gasteiger partial charge in [-0.3, -0.25) is 9.69 Å². The fraction of sp³-hybridized carbons (Fsp3) is 0.667. The van der Waals surface area contributed by atoms with Gasteiger partial charge < -0.3 is 5.32 Å². The van der Waals surface area contributed by atoms with Gasteiger partial charge in [0.25, 0.3) is 0 Å². The average molecular weight is 222 g/mol. The Morgan fingerprint density at radius 3 is 2.38 bits per heavy atom. The minimum Gasteiger partial charge on any atom is -0.329 e. The SMILES string of the molecule is C=C(C)C1CCC(N2C(=O)CNC2=O)CC1. The van der Waals surface area contributed by atoms with Crippen molar-refractivity contribution in [3.05, 3.63) is 12.2 Å². The zero-order chi connectivity index (χ0) is 11.7. The largest absolute Gasteiger partial charge is 0.329 e. The third-order valence-corrected chi connectivity index (χ3v) is 3.64. The summed E-state index contributed by atoms with van der Waals surface area (Å²) in [7, 11) is 0. The molecule has 2 aliphatic rings. The third-order valence-electron chi connectivity index (χ3n) is 3.64. The van der Waals surface area contributed by atoms with Crippen LogP contribution in [0, 0.1) is 5.92 Å². The van der Waals surface area contributed by atoms with Crippen molar-refractivity contribution in [1.29, 1.82) is 0 Å². The van der Waals surface area contributed by atoms with Crippen LogP contribution < -0.4 is 5.32 Å². The first kappa shape index (κ1) is 11.2. The molecule has 0 spiro atoms. The Morgan fingerprint density at radius 1 is 1.31 bits per heavy atom. The molecular formula is C12H18N2O2. The van der Waals surface area contributed by atoms with E-state index >= 15 is 0 Å². The predicted molar refractivity (Wildman–Crippen MR) is 60.8 cm³/mol. The highest BCUT2D eigenvalue weighted by atomic mass is 16.2. The lowest BCUT2D eigenvalue weighted by Crippen LogP contribution is -2.42. The maximum Gasteiger partial charge on any atom is 0.324 e. The average Bonchev–Trinajstić information content (AvgIpc) is 2.59. The molecule has 1 heterocycles. The van der Waals surface area contributed by atoms with Gasteiger partial charge in [-0.25, -0.2) is 4.79 Å². The summed E-state index contributed by atoms with van der Waals surface area (Å²) in [6.45, 7) is 6.19. The van der Waals surface area contributed by atoms with Crippen molar-refractivity contribution in [2.24, 2.45) is 5.92 Å². The summed E-state index contributed by atoms with van der Waals surface area (Å²) >= 11 is 0. The van der Waals surface area contributed by atoms with Crippen molar-refractivity contribution in [1.82, 2.24) is 10.2 Å². The van der Waals surface area contributed by atoms with E-state index < -0.39 is 0 Å². The van der Waals surface area contributed by atoms with Crippen molar-refractivity contribution in [2.75, 3.05) is 6.54 Å². The second kappa shape index (κ2) is 4.28. The lowest BCUT2D eigenvalue weighted by molar-refractivity contribution is -0.127. The summed E-state index contributed by atoms with van der Waals surface area (Å²) in [5, 5.41) is 2.57. The van der Waals surface area contributed by atoms with Gasteiger partial charge in [-0.05, 0) is 38.5 Å². The van der Waals surface area contributed by atoms with Crippen molar-refractivity contribution < 1.29 is 9.59 Å². The Balaban J connectivity index is 1.96. The topological polar surface area (TPSA) is 49.4 Å². The van der Waals surface area contributed by atoms with E-state index in [-0.39, 0.29) is 24.5 Å². The molecule has 0 aromatic carbocycles. The number of carbonyl (C=O) groups is 2. The number of imide groups is 1. The van der Waals surface area contributed by atoms with Gasteiger partial charge in [0.2, 0.25) is 5.91 Å². The second-order valence-electron chi connectivity index (χ2n) is 4.77. The van der Waals surface area contributed by atoms with Crippen LogP contribution in [0.2, 0.25) is 0 Å². The summed E-state index contributed by atoms with van der Waals surface area (Å²) in [5.74, 6) is 0.487. The van der Waals surface area contributed by atoms with Gasteiger partial charge in [0.15, 0.2) is 0 Å². The van der Waals surface area contributed by atoms with Gasteiger partial charge in [0.1, 0.15) is 0 Å². The first-order valence-corrected chi connectivity index (χ1v) is 5.85. The van der Waals surface area contributed by atoms with Gasteiger partial charge in [-0.2, -0.15) is 0 Å². The van der Waals surface area contributed by atoms with Crippen LogP contribution in [0.1, 0.15) is 32.6 Å². The van der Waals surface area contributed by atoms with E-state index in [9.17, 15) is 9.59 Å². The molecule has 0 unspecified atom stereocenters. The van der Waals surface area contributed by atoms with Crippen LogP contribution in [-0.4, -0.2) is 29.4 Å². The molecule has 16 heavy (non-hydrogen) atoms. The first-order chi connectivity index (χ1) is 7.59. The molecule has 88 valence electrons. The number of allylic oxidation sites excluding steroid dienone is 1. The fourth-order valence-electron chi connectivity index (χ4n) is 2.63. The van der Waals surface area contributed by atoms with E-state index in [1.54, 1.807) is 0 Å². The highest BCUT2D eigenvalue weighted by molar-refractivity contribution is 6.02. The van der Waals surface area contributed by atoms with Crippen LogP contribution in [0.25, 0.3) is 0 Å². The number of hydrogen-bond acceptors (Lipinski definition) is 2. The van der Waals surface area contributed by atoms with Crippen LogP contribution in [0.5, 0.6) is 0 Å². The maximum atomic E-state index is 11.5. The molecule has 4 heteroatoms. The molecule has 1 aliphatic carbocycles. The molecule has 0 aromatic rings. The third kappa shape index (κ3) is 1.96. The number of nitrogens with one attached hydrogen (secondary N) is 1. The molecule has 1 N–H and O–H groups in total. The zero-order valence-corrected chi connectivity index (χ0v) is 9.66. The van der Waals surface area contributed by atoms with Crippen molar-refractivity contribution >= 4 is 11.9 Å². The second-order valence-corrected chi connectivity index (χ2v) is 4.77. The van der Waals surface area contributed by atoms with Gasteiger partial charge in [0.05, 0.1) is 6.54 Å². The van der Waals surface area contributed by atoms with Crippen molar-refractivity contribution in [3.63, 3.8) is 0 Å². The Labute approximate surface area is 95.7 Å². The van der Waals surface area contributed by atoms with Crippen LogP contribution in [0.15, 0.2) is 12.2 Å². The molecule has 2 fully saturated rings. The van der Waals surface area contributed by atoms with E-state index in [1.165, 1.54) is 10.5 Å². The van der Waals surface area contributed by atoms with E-state index in [4.69, 9.17) is 0 Å². The molecule has 0 atom stereocenters. The summed E-state index contributed by atoms with van der Waals surface area (Å²) in [5.41, 5.74) is 1.22. The lowest BCUT2D eigenvalue weighted by Gasteiger charge is -2.33. The number of hydrogen-bond donors (Lipinski definition) is 1. The molecule has 2 rings (SSSR count). The number of urea groups is 1. The fourth-order valence-corrected chi connectivity index (χ4v) is 2.63. The highest BCUT2D eigenvalue weighted by Gasteiger charge is 2.36. The molecule has 0 bridgehead atoms. The molecule has 3 amide bonds. The summed E-state index contributed by atoms with van der Waals surface area (Å²) in [6.07, 6.45) is 3.90. The minimum absolute atomic E-state index is 0.0798. The van der Waals surface area contributed by atoms with Crippen molar-refractivity contribution in [3.8, 4) is 0 Å². The standard InChI is InChI=1S/C12H18N2O2/c1-8(2)9-3-5-10(6-4-9)14-11(15)7-13-12(14)16/h9-10H,1,3-7H2,2H3,(H,13,16). The molecular weight excluding hydrogens is 204 g/mol. The molecule has 1 saturated carbocycles. The van der Waals surface area contributed by atoms with Crippen LogP contribution in [0.3, 0.4) is 0 Å². The lowest BCUT2D eigenvalue weighted by atomic mass is 9.82. The predicted octanol–water partition coefficient (Wildman–Crippen LogP) is 1.67. The van der Waals surface area contributed by atoms with Crippen LogP contribution >= 0.6 is 0 Å². The molecule has 0 radical (unpaired) electrons. The Kier molecular flexibility index (Phi) is 2.99. The van der Waals surface area contributed by atoms with E-state index in [0.29, 0.717) is 5.92 Å². The molecule has 4 nitrogen and oxygen atoms in total. The monoisotopic (exact) mass is 222 g/mol. The Hall–Kier alpha value is -1.32. The van der Waals surface area contributed by atoms with Gasteiger partial charge in [-0.1, -0.05) is 12.2 Å². The minimum atomic E-state index is -0.219. The summed E-state index contributed by atoms with van der Waals surface area (Å²) in [4.78, 5) is 24.4. The molecule has 1 saturated heterocycles. The molecule has 0 aromatic heterocycles. The Bertz CT molecular complexity index is 314. The van der Waals surface area contributed by atoms with Gasteiger partial charge in [0, 0.05) is 6.04 Å². The van der Waals surface area contributed by atoms with Crippen LogP contribution in [-0.2, 0) is 4.79 Å². The number of nitrogens with zero attached hydrogens (tertiary/aromatic N) is 1. The Morgan fingerprint density at radius 2 is 1.94 bits per heavy atom. The van der Waals surface area contributed by atoms with Gasteiger partial charge in [-0.15, -0.1) is 0 Å². The zero-order valence-electron chi connectivity index (χ0n) is 9.66. The maximum absolute atomic E-state index is 11.5. The normalized spacial score (nSPS) is 30.4. The number of amides is 3. The van der Waals surface area contributed by atoms with Crippen molar-refractivity contribution in [2.45, 2.75) is 38.6 Å².